The van der Waals surface area contributed by atoms with Crippen LogP contribution in [0.1, 0.15) is 67.7 Å². The van der Waals surface area contributed by atoms with Gasteiger partial charge in [0.15, 0.2) is 0 Å². The third kappa shape index (κ3) is 15.9. The molecule has 1 fully saturated rings. The van der Waals surface area contributed by atoms with Crippen molar-refractivity contribution in [1.82, 2.24) is 4.90 Å². The highest BCUT2D eigenvalue weighted by Crippen LogP contribution is 2.12. The molecule has 0 radical (unpaired) electrons. The van der Waals surface area contributed by atoms with Crippen LogP contribution in [0.25, 0.3) is 0 Å². The Morgan fingerprint density at radius 1 is 1.06 bits per heavy atom. The van der Waals surface area contributed by atoms with Gasteiger partial charge in [0.2, 0.25) is 0 Å². The Morgan fingerprint density at radius 3 is 1.94 bits per heavy atom. The van der Waals surface area contributed by atoms with Gasteiger partial charge in [-0.2, -0.15) is 0 Å². The second-order valence-corrected chi connectivity index (χ2v) is 3.40. The summed E-state index contributed by atoms with van der Waals surface area (Å²) in [6.07, 6.45) is 4.27. The molecule has 108 valence electrons. The van der Waals surface area contributed by atoms with Crippen LogP contribution < -0.4 is 0 Å². The molecular weight excluding hydrogens is 210 g/mol. The topological polar surface area (TPSA) is 12.5 Å². The monoisotopic (exact) mass is 247 g/mol. The quantitative estimate of drug-likeness (QED) is 0.720. The van der Waals surface area contributed by atoms with E-state index >= 15 is 0 Å². The van der Waals surface area contributed by atoms with Crippen LogP contribution in [0.2, 0.25) is 0 Å². The summed E-state index contributed by atoms with van der Waals surface area (Å²) in [5, 5.41) is 0. The van der Waals surface area contributed by atoms with Crippen LogP contribution in [0.4, 0.5) is 0 Å². The maximum Gasteiger partial charge on any atom is 0.0702 e. The van der Waals surface area contributed by atoms with Gasteiger partial charge in [-0.15, -0.1) is 0 Å². The van der Waals surface area contributed by atoms with Gasteiger partial charge >= 0.3 is 0 Å². The first-order valence-corrected chi connectivity index (χ1v) is 7.63. The molecule has 0 bridgehead atoms. The Hall–Kier alpha value is -0.0800. The fourth-order valence-corrected chi connectivity index (χ4v) is 1.61. The van der Waals surface area contributed by atoms with Crippen molar-refractivity contribution < 1.29 is 4.74 Å². The van der Waals surface area contributed by atoms with Gasteiger partial charge in [-0.1, -0.05) is 48.5 Å². The van der Waals surface area contributed by atoms with Gasteiger partial charge in [-0.05, 0) is 32.9 Å². The zero-order chi connectivity index (χ0) is 14.1. The molecule has 1 aliphatic rings. The lowest BCUT2D eigenvalue weighted by Crippen LogP contribution is -2.29. The number of rotatable bonds is 4. The van der Waals surface area contributed by atoms with Crippen LogP contribution in [-0.2, 0) is 4.74 Å². The van der Waals surface area contributed by atoms with Gasteiger partial charge in [0.05, 0.1) is 6.10 Å². The third-order valence-electron chi connectivity index (χ3n) is 2.14. The number of hydrogen-bond donors (Lipinski definition) is 0. The predicted octanol–water partition coefficient (Wildman–Crippen LogP) is 4.59. The van der Waals surface area contributed by atoms with Gasteiger partial charge < -0.3 is 9.64 Å². The summed E-state index contributed by atoms with van der Waals surface area (Å²) in [6, 6.07) is 0. The molecule has 2 nitrogen and oxygen atoms in total. The molecule has 1 rings (SSSR count). The van der Waals surface area contributed by atoms with E-state index in [0.29, 0.717) is 6.10 Å². The van der Waals surface area contributed by atoms with Crippen molar-refractivity contribution in [1.29, 1.82) is 0 Å². The SMILES string of the molecule is CC.CC.CC.CCCN(C)CC1CCCO1. The van der Waals surface area contributed by atoms with E-state index in [4.69, 9.17) is 4.74 Å². The zero-order valence-corrected chi connectivity index (χ0v) is 13.7. The van der Waals surface area contributed by atoms with E-state index in [0.717, 1.165) is 13.2 Å². The predicted molar refractivity (Wildman–Crippen MR) is 80.8 cm³/mol. The molecule has 2 heteroatoms. The molecule has 17 heavy (non-hydrogen) atoms. The largest absolute Gasteiger partial charge is 0.377 e. The lowest BCUT2D eigenvalue weighted by Gasteiger charge is -2.19. The van der Waals surface area contributed by atoms with E-state index in [1.54, 1.807) is 0 Å². The molecule has 1 aliphatic heterocycles. The molecule has 0 aliphatic carbocycles. The Balaban J connectivity index is -0.000000285. The van der Waals surface area contributed by atoms with Crippen LogP contribution in [0.3, 0.4) is 0 Å². The van der Waals surface area contributed by atoms with Gasteiger partial charge in [-0.25, -0.2) is 0 Å². The van der Waals surface area contributed by atoms with E-state index in [1.165, 1.54) is 25.8 Å². The summed E-state index contributed by atoms with van der Waals surface area (Å²) in [5.74, 6) is 0. The third-order valence-corrected chi connectivity index (χ3v) is 2.14. The number of ether oxygens (including phenoxy) is 1. The van der Waals surface area contributed by atoms with Crippen molar-refractivity contribution in [2.75, 3.05) is 26.7 Å². The molecule has 0 aromatic rings. The minimum Gasteiger partial charge on any atom is -0.377 e. The molecule has 1 saturated heterocycles. The van der Waals surface area contributed by atoms with Gasteiger partial charge in [-0.3, -0.25) is 0 Å². The summed E-state index contributed by atoms with van der Waals surface area (Å²) in [5.41, 5.74) is 0. The molecule has 1 atom stereocenters. The van der Waals surface area contributed by atoms with Gasteiger partial charge in [0, 0.05) is 13.2 Å². The van der Waals surface area contributed by atoms with Crippen molar-refractivity contribution in [3.8, 4) is 0 Å². The van der Waals surface area contributed by atoms with E-state index in [1.807, 2.05) is 41.5 Å². The molecule has 1 heterocycles. The Labute approximate surface area is 111 Å². The average Bonchev–Trinajstić information content (AvgIpc) is 2.90. The standard InChI is InChI=1S/C9H19NO.3C2H6/c1-3-6-10(2)8-9-5-4-7-11-9;3*1-2/h9H,3-8H2,1-2H3;3*1-2H3. The summed E-state index contributed by atoms with van der Waals surface area (Å²) in [6.45, 7) is 17.5. The van der Waals surface area contributed by atoms with Crippen LogP contribution in [0.15, 0.2) is 0 Å². The van der Waals surface area contributed by atoms with E-state index in [9.17, 15) is 0 Å². The molecule has 0 amide bonds. The van der Waals surface area contributed by atoms with Gasteiger partial charge in [0.25, 0.3) is 0 Å². The number of hydrogen-bond acceptors (Lipinski definition) is 2. The van der Waals surface area contributed by atoms with Crippen LogP contribution in [0, 0.1) is 0 Å². The molecular formula is C15H37NO. The van der Waals surface area contributed by atoms with Crippen LogP contribution in [0.5, 0.6) is 0 Å². The average molecular weight is 247 g/mol. The van der Waals surface area contributed by atoms with Crippen molar-refractivity contribution >= 4 is 0 Å². The van der Waals surface area contributed by atoms with Crippen molar-refractivity contribution in [3.63, 3.8) is 0 Å². The highest BCUT2D eigenvalue weighted by Gasteiger charge is 2.16. The summed E-state index contributed by atoms with van der Waals surface area (Å²) in [7, 11) is 2.17. The molecule has 0 saturated carbocycles. The first-order chi connectivity index (χ1) is 8.33. The summed E-state index contributed by atoms with van der Waals surface area (Å²) in [4.78, 5) is 2.36. The second kappa shape index (κ2) is 21.2. The molecule has 0 N–H and O–H groups in total. The van der Waals surface area contributed by atoms with Gasteiger partial charge in [0.1, 0.15) is 0 Å². The highest BCUT2D eigenvalue weighted by molar-refractivity contribution is 4.68. The summed E-state index contributed by atoms with van der Waals surface area (Å²) < 4.78 is 5.53. The lowest BCUT2D eigenvalue weighted by molar-refractivity contribution is 0.0813. The van der Waals surface area contributed by atoms with Crippen molar-refractivity contribution in [2.24, 2.45) is 0 Å². The van der Waals surface area contributed by atoms with E-state index in [-0.39, 0.29) is 0 Å². The van der Waals surface area contributed by atoms with E-state index < -0.39 is 0 Å². The Kier molecular flexibility index (Phi) is 27.6. The number of likely N-dealkylation sites (N-methyl/N-ethyl adjacent to an activating group) is 1. The smallest absolute Gasteiger partial charge is 0.0702 e. The van der Waals surface area contributed by atoms with Crippen molar-refractivity contribution in [3.05, 3.63) is 0 Å². The van der Waals surface area contributed by atoms with Crippen LogP contribution in [-0.4, -0.2) is 37.7 Å². The van der Waals surface area contributed by atoms with Crippen LogP contribution >= 0.6 is 0 Å². The first-order valence-electron chi connectivity index (χ1n) is 7.63. The van der Waals surface area contributed by atoms with Crippen molar-refractivity contribution in [2.45, 2.75) is 73.8 Å². The minimum atomic E-state index is 0.520. The molecule has 1 unspecified atom stereocenters. The summed E-state index contributed by atoms with van der Waals surface area (Å²) >= 11 is 0. The Morgan fingerprint density at radius 2 is 1.59 bits per heavy atom. The first kappa shape index (κ1) is 22.1. The second-order valence-electron chi connectivity index (χ2n) is 3.40. The molecule has 0 aromatic carbocycles. The zero-order valence-electron chi connectivity index (χ0n) is 13.7. The number of nitrogens with zero attached hydrogens (tertiary/aromatic N) is 1. The highest BCUT2D eigenvalue weighted by atomic mass is 16.5. The molecule has 0 spiro atoms. The molecule has 0 aromatic heterocycles. The lowest BCUT2D eigenvalue weighted by atomic mass is 10.2. The minimum absolute atomic E-state index is 0.520. The Bertz CT molecular complexity index is 101. The fraction of sp³-hybridized carbons (Fsp3) is 1.00. The maximum atomic E-state index is 5.53. The fourth-order valence-electron chi connectivity index (χ4n) is 1.61. The van der Waals surface area contributed by atoms with E-state index in [2.05, 4.69) is 18.9 Å². The maximum absolute atomic E-state index is 5.53. The normalized spacial score (nSPS) is 17.1.